The van der Waals surface area contributed by atoms with E-state index in [4.69, 9.17) is 14.0 Å². The Hall–Kier alpha value is -4.13. The number of benzene rings is 2. The normalized spacial score (nSPS) is 10.6. The number of nitrogens with zero attached hydrogens (tertiary/aromatic N) is 2. The number of pyridine rings is 1. The van der Waals surface area contributed by atoms with Crippen molar-refractivity contribution in [2.45, 2.75) is 33.6 Å². The van der Waals surface area contributed by atoms with Gasteiger partial charge in [-0.2, -0.15) is 0 Å². The molecule has 0 aliphatic carbocycles. The summed E-state index contributed by atoms with van der Waals surface area (Å²) in [7, 11) is 0. The monoisotopic (exact) mass is 443 g/mol. The first-order valence-corrected chi connectivity index (χ1v) is 10.6. The largest absolute Gasteiger partial charge is 0.489 e. The van der Waals surface area contributed by atoms with Crippen molar-refractivity contribution < 1.29 is 18.8 Å². The van der Waals surface area contributed by atoms with E-state index in [0.717, 1.165) is 28.1 Å². The van der Waals surface area contributed by atoms with Crippen LogP contribution in [-0.4, -0.2) is 16.0 Å². The van der Waals surface area contributed by atoms with Gasteiger partial charge in [0, 0.05) is 24.4 Å². The van der Waals surface area contributed by atoms with E-state index in [0.29, 0.717) is 37.0 Å². The zero-order chi connectivity index (χ0) is 23.0. The van der Waals surface area contributed by atoms with Gasteiger partial charge in [-0.05, 0) is 55.3 Å². The van der Waals surface area contributed by atoms with E-state index in [-0.39, 0.29) is 5.91 Å². The van der Waals surface area contributed by atoms with Gasteiger partial charge in [-0.15, -0.1) is 0 Å². The molecule has 0 spiro atoms. The fourth-order valence-corrected chi connectivity index (χ4v) is 3.22. The molecule has 168 valence electrons. The summed E-state index contributed by atoms with van der Waals surface area (Å²) < 4.78 is 16.7. The van der Waals surface area contributed by atoms with Crippen LogP contribution in [0, 0.1) is 13.8 Å². The SMILES string of the molecule is Cc1noc(C)c1COc1ccc(C(=O)NCc2ccnc(OCc3ccccc3)c2)cc1. The molecular weight excluding hydrogens is 418 g/mol. The molecule has 1 amide bonds. The standard InChI is InChI=1S/C26H25N3O4/c1-18-24(19(2)33-29-18)17-31-23-10-8-22(9-11-23)26(30)28-15-21-12-13-27-25(14-21)32-16-20-6-4-3-5-7-20/h3-14H,15-17H2,1-2H3,(H,28,30). The van der Waals surface area contributed by atoms with Crippen LogP contribution >= 0.6 is 0 Å². The summed E-state index contributed by atoms with van der Waals surface area (Å²) >= 11 is 0. The average molecular weight is 444 g/mol. The number of aromatic nitrogens is 2. The first kappa shape index (κ1) is 22.1. The van der Waals surface area contributed by atoms with E-state index in [1.807, 2.05) is 56.3 Å². The van der Waals surface area contributed by atoms with Crippen molar-refractivity contribution in [2.75, 3.05) is 0 Å². The second-order valence-corrected chi connectivity index (χ2v) is 7.58. The first-order chi connectivity index (χ1) is 16.1. The molecule has 7 nitrogen and oxygen atoms in total. The molecule has 0 radical (unpaired) electrons. The predicted octanol–water partition coefficient (Wildman–Crippen LogP) is 4.77. The van der Waals surface area contributed by atoms with Crippen molar-refractivity contribution in [1.29, 1.82) is 0 Å². The van der Waals surface area contributed by atoms with Crippen LogP contribution in [0.3, 0.4) is 0 Å². The van der Waals surface area contributed by atoms with Crippen LogP contribution in [-0.2, 0) is 19.8 Å². The lowest BCUT2D eigenvalue weighted by atomic mass is 10.2. The Kier molecular flexibility index (Phi) is 6.99. The number of aryl methyl sites for hydroxylation is 2. The van der Waals surface area contributed by atoms with Gasteiger partial charge in [0.2, 0.25) is 5.88 Å². The van der Waals surface area contributed by atoms with Crippen LogP contribution in [0.1, 0.15) is 38.5 Å². The smallest absolute Gasteiger partial charge is 0.251 e. The fraction of sp³-hybridized carbons (Fsp3) is 0.192. The molecule has 2 heterocycles. The van der Waals surface area contributed by atoms with Crippen molar-refractivity contribution in [2.24, 2.45) is 0 Å². The lowest BCUT2D eigenvalue weighted by molar-refractivity contribution is 0.0950. The van der Waals surface area contributed by atoms with Gasteiger partial charge < -0.3 is 19.3 Å². The third kappa shape index (κ3) is 5.98. The number of nitrogens with one attached hydrogen (secondary N) is 1. The number of rotatable bonds is 9. The molecule has 0 bridgehead atoms. The summed E-state index contributed by atoms with van der Waals surface area (Å²) in [5, 5.41) is 6.84. The third-order valence-electron chi connectivity index (χ3n) is 5.16. The fourth-order valence-electron chi connectivity index (χ4n) is 3.22. The van der Waals surface area contributed by atoms with Crippen LogP contribution in [0.5, 0.6) is 11.6 Å². The van der Waals surface area contributed by atoms with Gasteiger partial charge in [-0.3, -0.25) is 4.79 Å². The Morgan fingerprint density at radius 1 is 0.939 bits per heavy atom. The summed E-state index contributed by atoms with van der Waals surface area (Å²) in [6.45, 7) is 4.90. The van der Waals surface area contributed by atoms with Crippen LogP contribution in [0.25, 0.3) is 0 Å². The highest BCUT2D eigenvalue weighted by Gasteiger charge is 2.10. The Bertz CT molecular complexity index is 1180. The molecule has 0 fully saturated rings. The molecular formula is C26H25N3O4. The third-order valence-corrected chi connectivity index (χ3v) is 5.16. The van der Waals surface area contributed by atoms with Gasteiger partial charge in [0.25, 0.3) is 5.91 Å². The Morgan fingerprint density at radius 3 is 2.45 bits per heavy atom. The van der Waals surface area contributed by atoms with Gasteiger partial charge >= 0.3 is 0 Å². The first-order valence-electron chi connectivity index (χ1n) is 10.6. The second kappa shape index (κ2) is 10.5. The maximum atomic E-state index is 12.5. The summed E-state index contributed by atoms with van der Waals surface area (Å²) in [4.78, 5) is 16.8. The molecule has 2 aromatic carbocycles. The molecule has 0 aliphatic heterocycles. The molecule has 0 saturated carbocycles. The van der Waals surface area contributed by atoms with Crippen LogP contribution in [0.15, 0.2) is 77.4 Å². The number of carbonyl (C=O) groups is 1. The van der Waals surface area contributed by atoms with E-state index in [9.17, 15) is 4.79 Å². The number of amides is 1. The van der Waals surface area contributed by atoms with Gasteiger partial charge in [0.05, 0.1) is 11.3 Å². The minimum Gasteiger partial charge on any atom is -0.489 e. The van der Waals surface area contributed by atoms with E-state index < -0.39 is 0 Å². The molecule has 7 heteroatoms. The van der Waals surface area contributed by atoms with Gasteiger partial charge in [0.1, 0.15) is 24.7 Å². The maximum Gasteiger partial charge on any atom is 0.251 e. The quantitative estimate of drug-likeness (QED) is 0.401. The average Bonchev–Trinajstić information content (AvgIpc) is 3.18. The lowest BCUT2D eigenvalue weighted by Gasteiger charge is -2.09. The summed E-state index contributed by atoms with van der Waals surface area (Å²) in [6, 6.07) is 20.6. The van der Waals surface area contributed by atoms with E-state index in [1.54, 1.807) is 30.5 Å². The molecule has 0 atom stereocenters. The van der Waals surface area contributed by atoms with Crippen LogP contribution < -0.4 is 14.8 Å². The molecule has 4 rings (SSSR count). The molecule has 1 N–H and O–H groups in total. The topological polar surface area (TPSA) is 86.5 Å². The number of hydrogen-bond donors (Lipinski definition) is 1. The predicted molar refractivity (Wildman–Crippen MR) is 123 cm³/mol. The zero-order valence-corrected chi connectivity index (χ0v) is 18.6. The molecule has 0 aliphatic rings. The van der Waals surface area contributed by atoms with Crippen molar-refractivity contribution in [1.82, 2.24) is 15.5 Å². The highest BCUT2D eigenvalue weighted by molar-refractivity contribution is 5.94. The molecule has 0 unspecified atom stereocenters. The van der Waals surface area contributed by atoms with Crippen molar-refractivity contribution in [3.63, 3.8) is 0 Å². The highest BCUT2D eigenvalue weighted by Crippen LogP contribution is 2.18. The van der Waals surface area contributed by atoms with E-state index in [1.165, 1.54) is 0 Å². The zero-order valence-electron chi connectivity index (χ0n) is 18.6. The number of carbonyl (C=O) groups excluding carboxylic acids is 1. The number of ether oxygens (including phenoxy) is 2. The lowest BCUT2D eigenvalue weighted by Crippen LogP contribution is -2.22. The maximum absolute atomic E-state index is 12.5. The summed E-state index contributed by atoms with van der Waals surface area (Å²) in [5.74, 6) is 1.76. The van der Waals surface area contributed by atoms with E-state index in [2.05, 4.69) is 15.5 Å². The van der Waals surface area contributed by atoms with Crippen molar-refractivity contribution in [3.8, 4) is 11.6 Å². The minimum absolute atomic E-state index is 0.171. The van der Waals surface area contributed by atoms with Crippen molar-refractivity contribution >= 4 is 5.91 Å². The summed E-state index contributed by atoms with van der Waals surface area (Å²) in [5.41, 5.74) is 4.27. The van der Waals surface area contributed by atoms with Crippen LogP contribution in [0.2, 0.25) is 0 Å². The minimum atomic E-state index is -0.171. The van der Waals surface area contributed by atoms with E-state index >= 15 is 0 Å². The Balaban J connectivity index is 1.28. The molecule has 0 saturated heterocycles. The summed E-state index contributed by atoms with van der Waals surface area (Å²) in [6.07, 6.45) is 1.67. The highest BCUT2D eigenvalue weighted by atomic mass is 16.5. The van der Waals surface area contributed by atoms with Gasteiger partial charge in [-0.1, -0.05) is 35.5 Å². The molecule has 4 aromatic rings. The second-order valence-electron chi connectivity index (χ2n) is 7.58. The Labute approximate surface area is 192 Å². The van der Waals surface area contributed by atoms with Gasteiger partial charge in [0.15, 0.2) is 0 Å². The molecule has 33 heavy (non-hydrogen) atoms. The molecule has 2 aromatic heterocycles. The number of hydrogen-bond acceptors (Lipinski definition) is 6. The van der Waals surface area contributed by atoms with Gasteiger partial charge in [-0.25, -0.2) is 4.98 Å². The Morgan fingerprint density at radius 2 is 1.73 bits per heavy atom. The van der Waals surface area contributed by atoms with Crippen LogP contribution in [0.4, 0.5) is 0 Å². The van der Waals surface area contributed by atoms with Crippen molar-refractivity contribution in [3.05, 3.63) is 107 Å².